The summed E-state index contributed by atoms with van der Waals surface area (Å²) in [6.45, 7) is 0. The van der Waals surface area contributed by atoms with Crippen molar-refractivity contribution in [1.82, 2.24) is 19.7 Å². The minimum atomic E-state index is -0.296. The fourth-order valence-corrected chi connectivity index (χ4v) is 5.93. The standard InChI is InChI=1S/C25H20FN5OS2/c26-16-9-10-21-19(12-16)29-25(33-21)30-20(24-27-17-3-1-2-4-18(17)28-24)11-14-5-7-15(8-6-14)22-13-23(32)31-34-22/h1-10,12,20,22H,11,13H2,(H,27,28)(H,29,30)(H,31,32)/t20-,22+/m0/s1. The molecule has 3 heterocycles. The van der Waals surface area contributed by atoms with E-state index in [0.717, 1.165) is 37.8 Å². The van der Waals surface area contributed by atoms with Crippen LogP contribution in [0.5, 0.6) is 0 Å². The van der Waals surface area contributed by atoms with E-state index in [1.54, 1.807) is 6.07 Å². The van der Waals surface area contributed by atoms with Crippen LogP contribution in [-0.4, -0.2) is 20.9 Å². The lowest BCUT2D eigenvalue weighted by molar-refractivity contribution is -0.118. The number of carbonyl (C=O) groups is 1. The molecule has 6 nitrogen and oxygen atoms in total. The molecule has 1 aliphatic rings. The van der Waals surface area contributed by atoms with E-state index in [2.05, 4.69) is 44.3 Å². The van der Waals surface area contributed by atoms with E-state index in [-0.39, 0.29) is 23.0 Å². The van der Waals surface area contributed by atoms with E-state index >= 15 is 0 Å². The predicted octanol–water partition coefficient (Wildman–Crippen LogP) is 5.92. The molecule has 0 unspecified atom stereocenters. The largest absolute Gasteiger partial charge is 0.351 e. The molecule has 34 heavy (non-hydrogen) atoms. The quantitative estimate of drug-likeness (QED) is 0.258. The number of fused-ring (bicyclic) bond motifs is 2. The van der Waals surface area contributed by atoms with Crippen molar-refractivity contribution in [2.45, 2.75) is 24.1 Å². The van der Waals surface area contributed by atoms with E-state index in [0.29, 0.717) is 18.4 Å². The van der Waals surface area contributed by atoms with Gasteiger partial charge in [-0.3, -0.25) is 9.52 Å². The molecular weight excluding hydrogens is 469 g/mol. The molecule has 1 amide bonds. The zero-order chi connectivity index (χ0) is 23.1. The molecule has 6 rings (SSSR count). The number of nitrogens with one attached hydrogen (secondary N) is 3. The Morgan fingerprint density at radius 3 is 2.71 bits per heavy atom. The van der Waals surface area contributed by atoms with Gasteiger partial charge < -0.3 is 10.3 Å². The van der Waals surface area contributed by atoms with Crippen molar-refractivity contribution in [3.8, 4) is 0 Å². The molecule has 0 saturated carbocycles. The summed E-state index contributed by atoms with van der Waals surface area (Å²) >= 11 is 2.96. The zero-order valence-corrected chi connectivity index (χ0v) is 19.5. The lowest BCUT2D eigenvalue weighted by atomic mass is 10.0. The summed E-state index contributed by atoms with van der Waals surface area (Å²) in [5.74, 6) is 0.594. The Morgan fingerprint density at radius 2 is 1.91 bits per heavy atom. The maximum absolute atomic E-state index is 13.7. The molecule has 2 atom stereocenters. The van der Waals surface area contributed by atoms with Gasteiger partial charge in [-0.15, -0.1) is 0 Å². The first-order valence-corrected chi connectivity index (χ1v) is 12.6. The second-order valence-corrected chi connectivity index (χ2v) is 10.3. The third kappa shape index (κ3) is 4.24. The Morgan fingerprint density at radius 1 is 1.06 bits per heavy atom. The van der Waals surface area contributed by atoms with Crippen LogP contribution in [0.15, 0.2) is 66.7 Å². The molecule has 0 radical (unpaired) electrons. The van der Waals surface area contributed by atoms with E-state index in [4.69, 9.17) is 4.98 Å². The summed E-state index contributed by atoms with van der Waals surface area (Å²) in [5.41, 5.74) is 4.78. The van der Waals surface area contributed by atoms with Crippen LogP contribution in [0.2, 0.25) is 0 Å². The van der Waals surface area contributed by atoms with E-state index in [1.165, 1.54) is 35.4 Å². The van der Waals surface area contributed by atoms with E-state index in [1.807, 2.05) is 24.3 Å². The number of thiazole rings is 1. The molecule has 0 spiro atoms. The molecule has 0 aliphatic carbocycles. The van der Waals surface area contributed by atoms with Crippen molar-refractivity contribution in [1.29, 1.82) is 0 Å². The topological polar surface area (TPSA) is 82.7 Å². The van der Waals surface area contributed by atoms with Crippen LogP contribution in [0, 0.1) is 5.82 Å². The SMILES string of the molecule is O=C1C[C@H](c2ccc(C[C@H](Nc3nc4cc(F)ccc4s3)c3nc4ccccc4[nH]3)cc2)SN1. The molecule has 1 aliphatic heterocycles. The van der Waals surface area contributed by atoms with Crippen LogP contribution < -0.4 is 10.0 Å². The Balaban J connectivity index is 1.30. The lowest BCUT2D eigenvalue weighted by Gasteiger charge is -2.17. The van der Waals surface area contributed by atoms with Crippen molar-refractivity contribution in [3.63, 3.8) is 0 Å². The van der Waals surface area contributed by atoms with E-state index < -0.39 is 0 Å². The fourth-order valence-electron chi connectivity index (χ4n) is 4.14. The number of para-hydroxylation sites is 2. The normalized spacial score (nSPS) is 16.7. The maximum Gasteiger partial charge on any atom is 0.231 e. The smallest absolute Gasteiger partial charge is 0.231 e. The van der Waals surface area contributed by atoms with Crippen LogP contribution in [0.3, 0.4) is 0 Å². The molecule has 0 bridgehead atoms. The Kier molecular flexibility index (Phi) is 5.43. The highest BCUT2D eigenvalue weighted by molar-refractivity contribution is 7.98. The highest BCUT2D eigenvalue weighted by Crippen LogP contribution is 2.35. The van der Waals surface area contributed by atoms with Gasteiger partial charge >= 0.3 is 0 Å². The van der Waals surface area contributed by atoms with Crippen LogP contribution in [0.1, 0.15) is 34.7 Å². The van der Waals surface area contributed by atoms with Crippen LogP contribution >= 0.6 is 23.3 Å². The van der Waals surface area contributed by atoms with Gasteiger partial charge in [-0.05, 0) is 53.8 Å². The number of imidazole rings is 1. The molecule has 1 fully saturated rings. The predicted molar refractivity (Wildman–Crippen MR) is 135 cm³/mol. The number of nitrogens with zero attached hydrogens (tertiary/aromatic N) is 2. The molecule has 3 aromatic carbocycles. The van der Waals surface area contributed by atoms with Crippen molar-refractivity contribution in [3.05, 3.63) is 89.5 Å². The summed E-state index contributed by atoms with van der Waals surface area (Å²) in [4.78, 5) is 24.4. The number of aromatic amines is 1. The van der Waals surface area contributed by atoms with Gasteiger partial charge in [0.1, 0.15) is 11.6 Å². The Bertz CT molecular complexity index is 1460. The number of hydrogen-bond donors (Lipinski definition) is 3. The summed E-state index contributed by atoms with van der Waals surface area (Å²) in [6, 6.07) is 20.8. The number of amides is 1. The first-order chi connectivity index (χ1) is 16.6. The highest BCUT2D eigenvalue weighted by atomic mass is 32.2. The van der Waals surface area contributed by atoms with E-state index in [9.17, 15) is 9.18 Å². The number of halogens is 1. The number of aromatic nitrogens is 3. The lowest BCUT2D eigenvalue weighted by Crippen LogP contribution is -2.15. The number of H-pyrrole nitrogens is 1. The molecule has 170 valence electrons. The van der Waals surface area contributed by atoms with Gasteiger partial charge in [-0.25, -0.2) is 14.4 Å². The van der Waals surface area contributed by atoms with Crippen molar-refractivity contribution >= 4 is 55.6 Å². The van der Waals surface area contributed by atoms with Gasteiger partial charge in [0.25, 0.3) is 0 Å². The van der Waals surface area contributed by atoms with Gasteiger partial charge in [0.15, 0.2) is 5.13 Å². The van der Waals surface area contributed by atoms with Gasteiger partial charge in [-0.2, -0.15) is 0 Å². The first-order valence-electron chi connectivity index (χ1n) is 10.9. The number of benzene rings is 3. The molecule has 3 N–H and O–H groups in total. The van der Waals surface area contributed by atoms with Gasteiger partial charge in [0.05, 0.1) is 32.5 Å². The number of rotatable bonds is 6. The Hall–Kier alpha value is -3.43. The maximum atomic E-state index is 13.7. The van der Waals surface area contributed by atoms with Gasteiger partial charge in [-0.1, -0.05) is 47.7 Å². The Labute approximate surface area is 203 Å². The van der Waals surface area contributed by atoms with Gasteiger partial charge in [0, 0.05) is 12.5 Å². The zero-order valence-electron chi connectivity index (χ0n) is 17.9. The monoisotopic (exact) mass is 489 g/mol. The molecule has 2 aromatic heterocycles. The second-order valence-electron chi connectivity index (χ2n) is 8.25. The average molecular weight is 490 g/mol. The van der Waals surface area contributed by atoms with Crippen molar-refractivity contribution < 1.29 is 9.18 Å². The van der Waals surface area contributed by atoms with Gasteiger partial charge in [0.2, 0.25) is 5.91 Å². The summed E-state index contributed by atoms with van der Waals surface area (Å²) in [5, 5.41) is 4.39. The molecule has 9 heteroatoms. The summed E-state index contributed by atoms with van der Waals surface area (Å²) in [7, 11) is 0. The first kappa shape index (κ1) is 21.1. The summed E-state index contributed by atoms with van der Waals surface area (Å²) in [6.07, 6.45) is 1.19. The molecule has 1 saturated heterocycles. The minimum Gasteiger partial charge on any atom is -0.351 e. The van der Waals surface area contributed by atoms with Crippen molar-refractivity contribution in [2.24, 2.45) is 0 Å². The third-order valence-corrected chi connectivity index (χ3v) is 7.90. The number of carbonyl (C=O) groups excluding carboxylic acids is 1. The van der Waals surface area contributed by atoms with Crippen LogP contribution in [0.4, 0.5) is 9.52 Å². The van der Waals surface area contributed by atoms with Crippen LogP contribution in [0.25, 0.3) is 21.3 Å². The highest BCUT2D eigenvalue weighted by Gasteiger charge is 2.24. The third-order valence-electron chi connectivity index (χ3n) is 5.86. The number of anilines is 1. The molecule has 5 aromatic rings. The molecular formula is C25H20FN5OS2. The van der Waals surface area contributed by atoms with Crippen LogP contribution in [-0.2, 0) is 11.2 Å². The minimum absolute atomic E-state index is 0.0731. The number of hydrogen-bond acceptors (Lipinski definition) is 6. The second kappa shape index (κ2) is 8.73. The van der Waals surface area contributed by atoms with Crippen molar-refractivity contribution in [2.75, 3.05) is 5.32 Å². The summed E-state index contributed by atoms with van der Waals surface area (Å²) < 4.78 is 17.4. The average Bonchev–Trinajstić information content (AvgIpc) is 3.56. The fraction of sp³-hybridized carbons (Fsp3) is 0.160.